The van der Waals surface area contributed by atoms with Crippen molar-refractivity contribution in [2.45, 2.75) is 39.7 Å². The van der Waals surface area contributed by atoms with Gasteiger partial charge in [-0.3, -0.25) is 0 Å². The minimum absolute atomic E-state index is 0.776. The van der Waals surface area contributed by atoms with Gasteiger partial charge in [-0.2, -0.15) is 0 Å². The highest BCUT2D eigenvalue weighted by molar-refractivity contribution is 5.54. The number of ether oxygens (including phenoxy) is 2. The Hall–Kier alpha value is -2.50. The quantitative estimate of drug-likeness (QED) is 0.706. The van der Waals surface area contributed by atoms with Gasteiger partial charge in [0.15, 0.2) is 11.5 Å². The second-order valence-corrected chi connectivity index (χ2v) is 6.87. The summed E-state index contributed by atoms with van der Waals surface area (Å²) in [5, 5.41) is 0. The van der Waals surface area contributed by atoms with Gasteiger partial charge >= 0.3 is 0 Å². The second kappa shape index (κ2) is 8.93. The van der Waals surface area contributed by atoms with Crippen LogP contribution in [-0.4, -0.2) is 43.8 Å². The topological polar surface area (TPSA) is 50.7 Å². The molecule has 0 radical (unpaired) electrons. The SMILES string of the molecule is CCCN(CCC)c1cc(N2CCc3cc(OC)c(OC)cc3C2)ncn1. The Balaban J connectivity index is 1.83. The third-order valence-corrected chi connectivity index (χ3v) is 4.99. The highest BCUT2D eigenvalue weighted by Crippen LogP contribution is 2.34. The molecule has 27 heavy (non-hydrogen) atoms. The van der Waals surface area contributed by atoms with Gasteiger partial charge in [-0.05, 0) is 42.5 Å². The standard InChI is InChI=1S/C21H30N4O2/c1-5-8-24(9-6-2)20-13-21(23-15-22-20)25-10-7-16-11-18(26-3)19(27-4)12-17(16)14-25/h11-13,15H,5-10,14H2,1-4H3. The first kappa shape index (κ1) is 19.3. The van der Waals surface area contributed by atoms with Gasteiger partial charge in [0.2, 0.25) is 0 Å². The summed E-state index contributed by atoms with van der Waals surface area (Å²) in [4.78, 5) is 13.7. The molecule has 0 saturated heterocycles. The van der Waals surface area contributed by atoms with E-state index in [-0.39, 0.29) is 0 Å². The number of aromatic nitrogens is 2. The number of rotatable bonds is 8. The smallest absolute Gasteiger partial charge is 0.161 e. The third kappa shape index (κ3) is 4.26. The van der Waals surface area contributed by atoms with E-state index in [0.717, 1.165) is 68.6 Å². The molecule has 0 aliphatic carbocycles. The Morgan fingerprint density at radius 3 is 2.26 bits per heavy atom. The van der Waals surface area contributed by atoms with Crippen LogP contribution < -0.4 is 19.3 Å². The van der Waals surface area contributed by atoms with Crippen LogP contribution in [-0.2, 0) is 13.0 Å². The van der Waals surface area contributed by atoms with E-state index in [1.165, 1.54) is 11.1 Å². The maximum absolute atomic E-state index is 5.47. The fraction of sp³-hybridized carbons (Fsp3) is 0.524. The lowest BCUT2D eigenvalue weighted by Gasteiger charge is -2.31. The summed E-state index contributed by atoms with van der Waals surface area (Å²) in [5.41, 5.74) is 2.58. The van der Waals surface area contributed by atoms with Gasteiger partial charge in [0.1, 0.15) is 18.0 Å². The number of fused-ring (bicyclic) bond motifs is 1. The van der Waals surface area contributed by atoms with Crippen LogP contribution in [0.1, 0.15) is 37.8 Å². The molecule has 0 unspecified atom stereocenters. The van der Waals surface area contributed by atoms with Gasteiger partial charge in [-0.25, -0.2) is 9.97 Å². The summed E-state index contributed by atoms with van der Waals surface area (Å²) < 4.78 is 10.9. The van der Waals surface area contributed by atoms with Crippen LogP contribution in [0.15, 0.2) is 24.5 Å². The fourth-order valence-corrected chi connectivity index (χ4v) is 3.64. The summed E-state index contributed by atoms with van der Waals surface area (Å²) in [6, 6.07) is 6.31. The molecular weight excluding hydrogens is 340 g/mol. The summed E-state index contributed by atoms with van der Waals surface area (Å²) >= 11 is 0. The molecule has 0 fully saturated rings. The average Bonchev–Trinajstić information content (AvgIpc) is 2.72. The van der Waals surface area contributed by atoms with Crippen LogP contribution in [0.5, 0.6) is 11.5 Å². The molecule has 0 bridgehead atoms. The molecule has 6 nitrogen and oxygen atoms in total. The first-order valence-corrected chi connectivity index (χ1v) is 9.75. The van der Waals surface area contributed by atoms with E-state index in [1.807, 2.05) is 0 Å². The minimum Gasteiger partial charge on any atom is -0.493 e. The number of anilines is 2. The van der Waals surface area contributed by atoms with Crippen LogP contribution >= 0.6 is 0 Å². The van der Waals surface area contributed by atoms with Crippen molar-refractivity contribution < 1.29 is 9.47 Å². The van der Waals surface area contributed by atoms with Crippen molar-refractivity contribution in [2.24, 2.45) is 0 Å². The molecule has 2 aromatic rings. The van der Waals surface area contributed by atoms with E-state index < -0.39 is 0 Å². The zero-order chi connectivity index (χ0) is 19.2. The predicted molar refractivity (Wildman–Crippen MR) is 109 cm³/mol. The number of nitrogens with zero attached hydrogens (tertiary/aromatic N) is 4. The lowest BCUT2D eigenvalue weighted by atomic mass is 9.99. The fourth-order valence-electron chi connectivity index (χ4n) is 3.64. The van der Waals surface area contributed by atoms with Gasteiger partial charge in [0.25, 0.3) is 0 Å². The van der Waals surface area contributed by atoms with E-state index in [1.54, 1.807) is 20.5 Å². The molecule has 0 spiro atoms. The van der Waals surface area contributed by atoms with Crippen molar-refractivity contribution in [3.05, 3.63) is 35.7 Å². The molecule has 0 saturated carbocycles. The number of methoxy groups -OCH3 is 2. The molecule has 1 aromatic carbocycles. The summed E-state index contributed by atoms with van der Waals surface area (Å²) in [7, 11) is 3.36. The first-order valence-electron chi connectivity index (χ1n) is 9.75. The molecule has 3 rings (SSSR count). The van der Waals surface area contributed by atoms with Crippen molar-refractivity contribution in [2.75, 3.05) is 43.7 Å². The van der Waals surface area contributed by atoms with Gasteiger partial charge in [0, 0.05) is 32.2 Å². The predicted octanol–water partition coefficient (Wildman–Crippen LogP) is 3.68. The molecule has 2 heterocycles. The van der Waals surface area contributed by atoms with Crippen molar-refractivity contribution in [1.29, 1.82) is 0 Å². The van der Waals surface area contributed by atoms with Crippen molar-refractivity contribution >= 4 is 11.6 Å². The molecule has 6 heteroatoms. The zero-order valence-electron chi connectivity index (χ0n) is 16.9. The van der Waals surface area contributed by atoms with Crippen LogP contribution in [0.2, 0.25) is 0 Å². The molecule has 1 aliphatic rings. The summed E-state index contributed by atoms with van der Waals surface area (Å²) in [6.07, 6.45) is 4.87. The van der Waals surface area contributed by atoms with E-state index in [9.17, 15) is 0 Å². The van der Waals surface area contributed by atoms with Crippen molar-refractivity contribution in [3.63, 3.8) is 0 Å². The van der Waals surface area contributed by atoms with E-state index >= 15 is 0 Å². The summed E-state index contributed by atoms with van der Waals surface area (Å²) in [5.74, 6) is 3.57. The zero-order valence-corrected chi connectivity index (χ0v) is 16.9. The third-order valence-electron chi connectivity index (χ3n) is 4.99. The molecule has 1 aliphatic heterocycles. The van der Waals surface area contributed by atoms with Crippen LogP contribution in [0, 0.1) is 0 Å². The monoisotopic (exact) mass is 370 g/mol. The Bertz CT molecular complexity index is 760. The van der Waals surface area contributed by atoms with Crippen molar-refractivity contribution in [3.8, 4) is 11.5 Å². The maximum atomic E-state index is 5.47. The molecule has 0 N–H and O–H groups in total. The summed E-state index contributed by atoms with van der Waals surface area (Å²) in [6.45, 7) is 8.18. The molecule has 1 aromatic heterocycles. The Morgan fingerprint density at radius 1 is 0.963 bits per heavy atom. The molecule has 0 atom stereocenters. The minimum atomic E-state index is 0.776. The van der Waals surface area contributed by atoms with E-state index in [0.29, 0.717) is 0 Å². The lowest BCUT2D eigenvalue weighted by molar-refractivity contribution is 0.353. The van der Waals surface area contributed by atoms with Crippen molar-refractivity contribution in [1.82, 2.24) is 9.97 Å². The van der Waals surface area contributed by atoms with E-state index in [4.69, 9.17) is 9.47 Å². The number of hydrogen-bond acceptors (Lipinski definition) is 6. The van der Waals surface area contributed by atoms with Crippen LogP contribution in [0.3, 0.4) is 0 Å². The largest absolute Gasteiger partial charge is 0.493 e. The Morgan fingerprint density at radius 2 is 1.63 bits per heavy atom. The first-order chi connectivity index (χ1) is 13.2. The highest BCUT2D eigenvalue weighted by Gasteiger charge is 2.21. The molecule has 146 valence electrons. The highest BCUT2D eigenvalue weighted by atomic mass is 16.5. The number of benzene rings is 1. The Labute approximate surface area is 162 Å². The normalized spacial score (nSPS) is 13.3. The second-order valence-electron chi connectivity index (χ2n) is 6.87. The van der Waals surface area contributed by atoms with Gasteiger partial charge < -0.3 is 19.3 Å². The van der Waals surface area contributed by atoms with Gasteiger partial charge in [-0.1, -0.05) is 13.8 Å². The lowest BCUT2D eigenvalue weighted by Crippen LogP contribution is -2.32. The Kier molecular flexibility index (Phi) is 6.37. The van der Waals surface area contributed by atoms with Crippen LogP contribution in [0.25, 0.3) is 0 Å². The maximum Gasteiger partial charge on any atom is 0.161 e. The van der Waals surface area contributed by atoms with E-state index in [2.05, 4.69) is 51.8 Å². The van der Waals surface area contributed by atoms with Gasteiger partial charge in [0.05, 0.1) is 14.2 Å². The van der Waals surface area contributed by atoms with Gasteiger partial charge in [-0.15, -0.1) is 0 Å². The molecular formula is C21H30N4O2. The average molecular weight is 370 g/mol. The molecule has 0 amide bonds. The number of hydrogen-bond donors (Lipinski definition) is 0. The van der Waals surface area contributed by atoms with Crippen LogP contribution in [0.4, 0.5) is 11.6 Å².